The Morgan fingerprint density at radius 3 is 2.94 bits per heavy atom. The highest BCUT2D eigenvalue weighted by molar-refractivity contribution is 5.27. The van der Waals surface area contributed by atoms with E-state index >= 15 is 0 Å². The molecule has 0 amide bonds. The first kappa shape index (κ1) is 11.4. The standard InChI is InChI=1S/C13H19NO2/c1-10-5-6-14(9-13(10)16)8-11-3-2-4-12(15)7-11/h2-4,7,10,13,15-16H,5-6,8-9H2,1H3. The van der Waals surface area contributed by atoms with Gasteiger partial charge in [-0.15, -0.1) is 0 Å². The van der Waals surface area contributed by atoms with Crippen LogP contribution in [0.5, 0.6) is 5.75 Å². The lowest BCUT2D eigenvalue weighted by atomic mass is 9.96. The zero-order valence-corrected chi connectivity index (χ0v) is 9.63. The predicted molar refractivity (Wildman–Crippen MR) is 63.2 cm³/mol. The summed E-state index contributed by atoms with van der Waals surface area (Å²) in [5.74, 6) is 0.712. The lowest BCUT2D eigenvalue weighted by molar-refractivity contribution is 0.0259. The van der Waals surface area contributed by atoms with E-state index in [2.05, 4.69) is 11.8 Å². The van der Waals surface area contributed by atoms with Gasteiger partial charge in [-0.2, -0.15) is 0 Å². The highest BCUT2D eigenvalue weighted by atomic mass is 16.3. The Morgan fingerprint density at radius 1 is 1.44 bits per heavy atom. The van der Waals surface area contributed by atoms with Gasteiger partial charge in [-0.05, 0) is 36.6 Å². The summed E-state index contributed by atoms with van der Waals surface area (Å²) in [5, 5.41) is 19.2. The molecule has 2 atom stereocenters. The van der Waals surface area contributed by atoms with Crippen LogP contribution in [-0.2, 0) is 6.54 Å². The second-order valence-electron chi connectivity index (χ2n) is 4.74. The van der Waals surface area contributed by atoms with Gasteiger partial charge in [-0.25, -0.2) is 0 Å². The maximum atomic E-state index is 9.79. The van der Waals surface area contributed by atoms with Gasteiger partial charge in [-0.3, -0.25) is 4.90 Å². The van der Waals surface area contributed by atoms with Gasteiger partial charge in [-0.1, -0.05) is 19.1 Å². The Morgan fingerprint density at radius 2 is 2.25 bits per heavy atom. The number of aliphatic hydroxyl groups excluding tert-OH is 1. The van der Waals surface area contributed by atoms with Crippen molar-refractivity contribution < 1.29 is 10.2 Å². The molecule has 0 aliphatic carbocycles. The number of β-amino-alcohol motifs (C(OH)–C–C–N with tert-alkyl or cyclic N) is 1. The molecule has 1 heterocycles. The van der Waals surface area contributed by atoms with E-state index in [1.807, 2.05) is 12.1 Å². The van der Waals surface area contributed by atoms with E-state index in [0.717, 1.165) is 31.6 Å². The minimum Gasteiger partial charge on any atom is -0.508 e. The van der Waals surface area contributed by atoms with Gasteiger partial charge in [0.25, 0.3) is 0 Å². The predicted octanol–water partition coefficient (Wildman–Crippen LogP) is 1.59. The summed E-state index contributed by atoms with van der Waals surface area (Å²) in [5.41, 5.74) is 1.10. The van der Waals surface area contributed by atoms with Crippen LogP contribution in [0.1, 0.15) is 18.9 Å². The zero-order valence-electron chi connectivity index (χ0n) is 9.63. The Labute approximate surface area is 96.3 Å². The minimum atomic E-state index is -0.217. The first-order valence-electron chi connectivity index (χ1n) is 5.83. The number of aliphatic hydroxyl groups is 1. The second kappa shape index (κ2) is 4.85. The first-order chi connectivity index (χ1) is 7.65. The Hall–Kier alpha value is -1.06. The van der Waals surface area contributed by atoms with Crippen molar-refractivity contribution in [2.24, 2.45) is 5.92 Å². The van der Waals surface area contributed by atoms with Crippen molar-refractivity contribution in [3.8, 4) is 5.75 Å². The topological polar surface area (TPSA) is 43.7 Å². The molecule has 0 radical (unpaired) electrons. The van der Waals surface area contributed by atoms with Crippen LogP contribution in [0.25, 0.3) is 0 Å². The number of hydrogen-bond acceptors (Lipinski definition) is 3. The summed E-state index contributed by atoms with van der Waals surface area (Å²) >= 11 is 0. The van der Waals surface area contributed by atoms with Gasteiger partial charge in [0.2, 0.25) is 0 Å². The number of phenolic OH excluding ortho intramolecular Hbond substituents is 1. The smallest absolute Gasteiger partial charge is 0.115 e. The molecule has 1 aromatic carbocycles. The molecule has 0 saturated carbocycles. The maximum absolute atomic E-state index is 9.79. The van der Waals surface area contributed by atoms with E-state index in [1.165, 1.54) is 0 Å². The SMILES string of the molecule is CC1CCN(Cc2cccc(O)c2)CC1O. The molecule has 1 aromatic rings. The molecule has 1 aliphatic heterocycles. The normalized spacial score (nSPS) is 26.9. The van der Waals surface area contributed by atoms with Crippen molar-refractivity contribution >= 4 is 0 Å². The van der Waals surface area contributed by atoms with E-state index in [9.17, 15) is 10.2 Å². The van der Waals surface area contributed by atoms with Crippen LogP contribution in [0, 0.1) is 5.92 Å². The molecular weight excluding hydrogens is 202 g/mol. The molecule has 2 unspecified atom stereocenters. The van der Waals surface area contributed by atoms with E-state index < -0.39 is 0 Å². The van der Waals surface area contributed by atoms with Crippen molar-refractivity contribution in [3.05, 3.63) is 29.8 Å². The molecule has 0 aromatic heterocycles. The molecule has 3 heteroatoms. The Bertz CT molecular complexity index is 354. The number of phenols is 1. The third-order valence-corrected chi connectivity index (χ3v) is 3.32. The van der Waals surface area contributed by atoms with Crippen LogP contribution >= 0.6 is 0 Å². The summed E-state index contributed by atoms with van der Waals surface area (Å²) in [7, 11) is 0. The Balaban J connectivity index is 1.95. The largest absolute Gasteiger partial charge is 0.508 e. The third kappa shape index (κ3) is 2.74. The van der Waals surface area contributed by atoms with Gasteiger partial charge in [0.15, 0.2) is 0 Å². The summed E-state index contributed by atoms with van der Waals surface area (Å²) in [6.07, 6.45) is 0.825. The van der Waals surface area contributed by atoms with Crippen molar-refractivity contribution in [2.75, 3.05) is 13.1 Å². The molecule has 1 aliphatic rings. The molecular formula is C13H19NO2. The second-order valence-corrected chi connectivity index (χ2v) is 4.74. The van der Waals surface area contributed by atoms with Gasteiger partial charge >= 0.3 is 0 Å². The number of aromatic hydroxyl groups is 1. The van der Waals surface area contributed by atoms with Gasteiger partial charge in [0.1, 0.15) is 5.75 Å². The highest BCUT2D eigenvalue weighted by Gasteiger charge is 2.23. The van der Waals surface area contributed by atoms with Crippen LogP contribution in [0.4, 0.5) is 0 Å². The average molecular weight is 221 g/mol. The lowest BCUT2D eigenvalue weighted by Gasteiger charge is -2.34. The van der Waals surface area contributed by atoms with E-state index in [0.29, 0.717) is 11.7 Å². The van der Waals surface area contributed by atoms with Crippen molar-refractivity contribution in [2.45, 2.75) is 26.0 Å². The molecule has 88 valence electrons. The first-order valence-corrected chi connectivity index (χ1v) is 5.83. The molecule has 2 rings (SSSR count). The molecule has 2 N–H and O–H groups in total. The summed E-state index contributed by atoms with van der Waals surface area (Å²) in [4.78, 5) is 2.24. The van der Waals surface area contributed by atoms with Crippen molar-refractivity contribution in [1.29, 1.82) is 0 Å². The molecule has 1 fully saturated rings. The van der Waals surface area contributed by atoms with E-state index in [1.54, 1.807) is 12.1 Å². The quantitative estimate of drug-likeness (QED) is 0.797. The fourth-order valence-electron chi connectivity index (χ4n) is 2.17. The maximum Gasteiger partial charge on any atom is 0.115 e. The van der Waals surface area contributed by atoms with Gasteiger partial charge in [0, 0.05) is 13.1 Å². The molecule has 0 bridgehead atoms. The fraction of sp³-hybridized carbons (Fsp3) is 0.538. The summed E-state index contributed by atoms with van der Waals surface area (Å²) in [6, 6.07) is 7.32. The fourth-order valence-corrected chi connectivity index (χ4v) is 2.17. The number of hydrogen-bond donors (Lipinski definition) is 2. The Kier molecular flexibility index (Phi) is 3.46. The molecule has 3 nitrogen and oxygen atoms in total. The number of rotatable bonds is 2. The van der Waals surface area contributed by atoms with Crippen LogP contribution in [0.2, 0.25) is 0 Å². The van der Waals surface area contributed by atoms with E-state index in [4.69, 9.17) is 0 Å². The van der Waals surface area contributed by atoms with Crippen LogP contribution < -0.4 is 0 Å². The van der Waals surface area contributed by atoms with Crippen molar-refractivity contribution in [1.82, 2.24) is 4.90 Å². The highest BCUT2D eigenvalue weighted by Crippen LogP contribution is 2.20. The third-order valence-electron chi connectivity index (χ3n) is 3.32. The molecule has 1 saturated heterocycles. The van der Waals surface area contributed by atoms with Crippen LogP contribution in [0.3, 0.4) is 0 Å². The van der Waals surface area contributed by atoms with Gasteiger partial charge in [0.05, 0.1) is 6.10 Å². The molecule has 16 heavy (non-hydrogen) atoms. The lowest BCUT2D eigenvalue weighted by Crippen LogP contribution is -2.42. The minimum absolute atomic E-state index is 0.217. The van der Waals surface area contributed by atoms with Gasteiger partial charge < -0.3 is 10.2 Å². The number of likely N-dealkylation sites (tertiary alicyclic amines) is 1. The number of piperidine rings is 1. The molecule has 0 spiro atoms. The number of benzene rings is 1. The van der Waals surface area contributed by atoms with Crippen LogP contribution in [0.15, 0.2) is 24.3 Å². The summed E-state index contributed by atoms with van der Waals surface area (Å²) < 4.78 is 0. The number of nitrogens with zero attached hydrogens (tertiary/aromatic N) is 1. The average Bonchev–Trinajstić information content (AvgIpc) is 2.24. The van der Waals surface area contributed by atoms with Crippen LogP contribution in [-0.4, -0.2) is 34.3 Å². The summed E-state index contributed by atoms with van der Waals surface area (Å²) in [6.45, 7) is 4.65. The zero-order chi connectivity index (χ0) is 11.5. The van der Waals surface area contributed by atoms with E-state index in [-0.39, 0.29) is 6.10 Å². The van der Waals surface area contributed by atoms with Crippen molar-refractivity contribution in [3.63, 3.8) is 0 Å². The monoisotopic (exact) mass is 221 g/mol.